The molecule has 2 aromatic rings. The maximum absolute atomic E-state index is 8.69. The fraction of sp³-hybridized carbons (Fsp3) is 0.0667. The summed E-state index contributed by atoms with van der Waals surface area (Å²) in [6, 6.07) is 15.1. The van der Waals surface area contributed by atoms with Crippen LogP contribution in [0.25, 0.3) is 0 Å². The van der Waals surface area contributed by atoms with Gasteiger partial charge >= 0.3 is 0 Å². The lowest BCUT2D eigenvalue weighted by molar-refractivity contribution is 1.28. The molecule has 2 aromatic carbocycles. The average Bonchev–Trinajstić information content (AvgIpc) is 2.51. The van der Waals surface area contributed by atoms with Crippen molar-refractivity contribution in [2.75, 3.05) is 11.6 Å². The third-order valence-corrected chi connectivity index (χ3v) is 3.44. The summed E-state index contributed by atoms with van der Waals surface area (Å²) in [5, 5.41) is 15.8. The molecule has 0 saturated heterocycles. The lowest BCUT2D eigenvalue weighted by Crippen LogP contribution is -2.12. The van der Waals surface area contributed by atoms with E-state index in [1.54, 1.807) is 0 Å². The smallest absolute Gasteiger partial charge is 0.183 e. The number of amidine groups is 1. The van der Waals surface area contributed by atoms with Gasteiger partial charge in [-0.05, 0) is 42.7 Å². The zero-order valence-corrected chi connectivity index (χ0v) is 12.9. The first kappa shape index (κ1) is 15.2. The van der Waals surface area contributed by atoms with Crippen molar-refractivity contribution in [3.05, 3.63) is 53.6 Å². The molecule has 0 aliphatic carbocycles. The van der Waals surface area contributed by atoms with Crippen molar-refractivity contribution in [1.82, 2.24) is 5.32 Å². The van der Waals surface area contributed by atoms with Gasteiger partial charge in [-0.25, -0.2) is 4.99 Å². The van der Waals surface area contributed by atoms with E-state index in [1.165, 1.54) is 11.8 Å². The van der Waals surface area contributed by atoms with Gasteiger partial charge < -0.3 is 5.32 Å². The van der Waals surface area contributed by atoms with Gasteiger partial charge in [-0.1, -0.05) is 35.5 Å². The van der Waals surface area contributed by atoms with Crippen molar-refractivity contribution >= 4 is 45.6 Å². The minimum absolute atomic E-state index is 0.544. The van der Waals surface area contributed by atoms with Crippen LogP contribution in [0.1, 0.15) is 0 Å². The molecule has 0 aromatic heterocycles. The molecule has 4 nitrogen and oxygen atoms in total. The number of hydrogen-bond acceptors (Lipinski definition) is 4. The fourth-order valence-electron chi connectivity index (χ4n) is 1.65. The van der Waals surface area contributed by atoms with Crippen molar-refractivity contribution in [1.29, 1.82) is 5.26 Å². The van der Waals surface area contributed by atoms with Crippen molar-refractivity contribution in [2.45, 2.75) is 0 Å². The summed E-state index contributed by atoms with van der Waals surface area (Å²) in [4.78, 5) is 4.44. The molecule has 0 amide bonds. The van der Waals surface area contributed by atoms with Crippen LogP contribution in [0.3, 0.4) is 0 Å². The van der Waals surface area contributed by atoms with Gasteiger partial charge in [-0.3, -0.25) is 5.32 Å². The van der Waals surface area contributed by atoms with Gasteiger partial charge in [0.1, 0.15) is 0 Å². The Hall–Kier alpha value is -2.16. The monoisotopic (exact) mass is 316 g/mol. The van der Waals surface area contributed by atoms with Crippen LogP contribution in [0.15, 0.2) is 53.5 Å². The van der Waals surface area contributed by atoms with Crippen LogP contribution in [0.4, 0.5) is 17.1 Å². The normalized spacial score (nSPS) is 10.8. The molecular weight excluding hydrogens is 304 g/mol. The first-order chi connectivity index (χ1) is 10.2. The lowest BCUT2D eigenvalue weighted by Gasteiger charge is -2.10. The number of halogens is 1. The maximum Gasteiger partial charge on any atom is 0.183 e. The van der Waals surface area contributed by atoms with Crippen LogP contribution in [0.2, 0.25) is 5.02 Å². The highest BCUT2D eigenvalue weighted by molar-refractivity contribution is 8.13. The molecule has 6 heteroatoms. The third-order valence-electron chi connectivity index (χ3n) is 2.61. The number of anilines is 2. The highest BCUT2D eigenvalue weighted by atomic mass is 35.5. The third kappa shape index (κ3) is 4.42. The Balaban J connectivity index is 2.28. The Morgan fingerprint density at radius 1 is 1.19 bits per heavy atom. The Morgan fingerprint density at radius 3 is 2.57 bits per heavy atom. The van der Waals surface area contributed by atoms with Gasteiger partial charge in [0, 0.05) is 10.7 Å². The molecule has 0 unspecified atom stereocenters. The largest absolute Gasteiger partial charge is 0.354 e. The zero-order chi connectivity index (χ0) is 15.1. The molecule has 106 valence electrons. The molecule has 0 aliphatic rings. The Kier molecular flexibility index (Phi) is 5.50. The first-order valence-electron chi connectivity index (χ1n) is 6.12. The minimum Gasteiger partial charge on any atom is -0.354 e. The Labute approximate surface area is 132 Å². The second-order valence-corrected chi connectivity index (χ2v) is 5.24. The van der Waals surface area contributed by atoms with E-state index in [4.69, 9.17) is 16.9 Å². The first-order valence-corrected chi connectivity index (χ1v) is 7.72. The average molecular weight is 317 g/mol. The second kappa shape index (κ2) is 7.58. The quantitative estimate of drug-likeness (QED) is 0.379. The summed E-state index contributed by atoms with van der Waals surface area (Å²) in [6.07, 6.45) is 3.74. The van der Waals surface area contributed by atoms with Gasteiger partial charge in [-0.2, -0.15) is 5.26 Å². The number of nitriles is 1. The molecule has 0 atom stereocenters. The summed E-state index contributed by atoms with van der Waals surface area (Å²) in [5.74, 6) is 0. The van der Waals surface area contributed by atoms with E-state index in [-0.39, 0.29) is 0 Å². The van der Waals surface area contributed by atoms with Crippen LogP contribution >= 0.6 is 23.4 Å². The van der Waals surface area contributed by atoms with Crippen molar-refractivity contribution in [3.63, 3.8) is 0 Å². The number of nitrogens with one attached hydrogen (secondary N) is 2. The molecule has 2 N–H and O–H groups in total. The van der Waals surface area contributed by atoms with E-state index in [2.05, 4.69) is 15.6 Å². The Morgan fingerprint density at radius 2 is 1.90 bits per heavy atom. The molecule has 0 spiro atoms. The molecule has 0 radical (unpaired) electrons. The van der Waals surface area contributed by atoms with Gasteiger partial charge in [0.2, 0.25) is 0 Å². The lowest BCUT2D eigenvalue weighted by atomic mass is 10.2. The topological polar surface area (TPSA) is 60.2 Å². The Bertz CT molecular complexity index is 677. The SMILES string of the molecule is CSC(=Nc1ccccc1Nc1ccc(Cl)cc1)NC#N. The summed E-state index contributed by atoms with van der Waals surface area (Å²) < 4.78 is 0. The van der Waals surface area contributed by atoms with E-state index in [0.29, 0.717) is 10.2 Å². The minimum atomic E-state index is 0.544. The van der Waals surface area contributed by atoms with E-state index in [1.807, 2.05) is 61.0 Å². The number of rotatable bonds is 3. The molecule has 21 heavy (non-hydrogen) atoms. The predicted molar refractivity (Wildman–Crippen MR) is 90.5 cm³/mol. The molecule has 0 heterocycles. The standard InChI is InChI=1S/C15H13ClN4S/c1-21-15(18-10-17)20-14-5-3-2-4-13(14)19-12-8-6-11(16)7-9-12/h2-9,19H,1H3,(H,18,20). The molecule has 2 rings (SSSR count). The van der Waals surface area contributed by atoms with Crippen molar-refractivity contribution in [2.24, 2.45) is 4.99 Å². The van der Waals surface area contributed by atoms with E-state index >= 15 is 0 Å². The predicted octanol–water partition coefficient (Wildman–Crippen LogP) is 4.50. The van der Waals surface area contributed by atoms with Gasteiger partial charge in [0.15, 0.2) is 11.4 Å². The van der Waals surface area contributed by atoms with Crippen LogP contribution in [-0.4, -0.2) is 11.4 Å². The number of benzene rings is 2. The number of nitrogens with zero attached hydrogens (tertiary/aromatic N) is 2. The second-order valence-electron chi connectivity index (χ2n) is 4.01. The van der Waals surface area contributed by atoms with E-state index in [0.717, 1.165) is 17.1 Å². The number of aliphatic imine (C=N–C) groups is 1. The van der Waals surface area contributed by atoms with Crippen molar-refractivity contribution in [3.8, 4) is 6.19 Å². The molecule has 0 aliphatic heterocycles. The number of para-hydroxylation sites is 2. The van der Waals surface area contributed by atoms with Crippen LogP contribution in [0, 0.1) is 11.5 Å². The van der Waals surface area contributed by atoms with Crippen LogP contribution in [0.5, 0.6) is 0 Å². The molecule has 0 bridgehead atoms. The molecule has 0 saturated carbocycles. The maximum atomic E-state index is 8.69. The van der Waals surface area contributed by atoms with Crippen molar-refractivity contribution < 1.29 is 0 Å². The summed E-state index contributed by atoms with van der Waals surface area (Å²) in [5.41, 5.74) is 2.52. The number of hydrogen-bond donors (Lipinski definition) is 2. The van der Waals surface area contributed by atoms with E-state index < -0.39 is 0 Å². The molecular formula is C15H13ClN4S. The van der Waals surface area contributed by atoms with Gasteiger partial charge in [0.25, 0.3) is 0 Å². The summed E-state index contributed by atoms with van der Waals surface area (Å²) in [7, 11) is 0. The fourth-order valence-corrected chi connectivity index (χ4v) is 2.11. The van der Waals surface area contributed by atoms with Crippen LogP contribution in [-0.2, 0) is 0 Å². The summed E-state index contributed by atoms with van der Waals surface area (Å²) in [6.45, 7) is 0. The zero-order valence-electron chi connectivity index (χ0n) is 11.3. The summed E-state index contributed by atoms with van der Waals surface area (Å²) >= 11 is 7.25. The number of thioether (sulfide) groups is 1. The molecule has 0 fully saturated rings. The van der Waals surface area contributed by atoms with E-state index in [9.17, 15) is 0 Å². The highest BCUT2D eigenvalue weighted by Gasteiger charge is 2.03. The van der Waals surface area contributed by atoms with Gasteiger partial charge in [0.05, 0.1) is 11.4 Å². The van der Waals surface area contributed by atoms with Gasteiger partial charge in [-0.15, -0.1) is 0 Å². The van der Waals surface area contributed by atoms with Crippen LogP contribution < -0.4 is 10.6 Å². The highest BCUT2D eigenvalue weighted by Crippen LogP contribution is 2.28.